The summed E-state index contributed by atoms with van der Waals surface area (Å²) in [4.78, 5) is 10.4. The van der Waals surface area contributed by atoms with Crippen molar-refractivity contribution in [1.82, 2.24) is 0 Å². The Hall–Kier alpha value is -1.49. The van der Waals surface area contributed by atoms with Crippen molar-refractivity contribution in [2.75, 3.05) is 0 Å². The first kappa shape index (κ1) is 9.60. The number of hydrogen-bond donors (Lipinski definition) is 2. The van der Waals surface area contributed by atoms with Crippen LogP contribution in [0.3, 0.4) is 0 Å². The number of carbonyl (C=O) groups is 1. The number of nitrogens with two attached hydrogens (primary N) is 1. The van der Waals surface area contributed by atoms with Gasteiger partial charge in [-0.25, -0.2) is 8.78 Å². The monoisotopic (exact) mass is 187 g/mol. The van der Waals surface area contributed by atoms with Crippen molar-refractivity contribution in [3.05, 3.63) is 35.4 Å². The SMILES string of the molecule is NC(=O)C(O)c1cccc(F)c1F. The zero-order valence-corrected chi connectivity index (χ0v) is 6.50. The second-order valence-electron chi connectivity index (χ2n) is 2.45. The van der Waals surface area contributed by atoms with Crippen molar-refractivity contribution >= 4 is 5.91 Å². The molecule has 0 saturated carbocycles. The third kappa shape index (κ3) is 1.81. The van der Waals surface area contributed by atoms with Crippen LogP contribution in [0.2, 0.25) is 0 Å². The lowest BCUT2D eigenvalue weighted by molar-refractivity contribution is -0.126. The average Bonchev–Trinajstić information content (AvgIpc) is 2.08. The highest BCUT2D eigenvalue weighted by Crippen LogP contribution is 2.18. The van der Waals surface area contributed by atoms with Crippen molar-refractivity contribution in [3.63, 3.8) is 0 Å². The van der Waals surface area contributed by atoms with Gasteiger partial charge < -0.3 is 10.8 Å². The largest absolute Gasteiger partial charge is 0.378 e. The maximum atomic E-state index is 12.9. The molecule has 1 aromatic carbocycles. The van der Waals surface area contributed by atoms with Crippen LogP contribution in [0, 0.1) is 11.6 Å². The standard InChI is InChI=1S/C8H7F2NO2/c9-5-3-1-2-4(6(5)10)7(12)8(11)13/h1-3,7,12H,(H2,11,13). The second kappa shape index (κ2) is 3.49. The van der Waals surface area contributed by atoms with Gasteiger partial charge in [0.1, 0.15) is 0 Å². The van der Waals surface area contributed by atoms with Crippen LogP contribution in [0.25, 0.3) is 0 Å². The van der Waals surface area contributed by atoms with Crippen LogP contribution < -0.4 is 5.73 Å². The Labute approximate surface area is 72.8 Å². The van der Waals surface area contributed by atoms with Crippen LogP contribution in [-0.2, 0) is 4.79 Å². The number of halogens is 2. The molecule has 1 rings (SSSR count). The van der Waals surface area contributed by atoms with Crippen molar-refractivity contribution in [1.29, 1.82) is 0 Å². The fourth-order valence-corrected chi connectivity index (χ4v) is 0.885. The number of amides is 1. The van der Waals surface area contributed by atoms with Gasteiger partial charge in [-0.2, -0.15) is 0 Å². The molecule has 3 nitrogen and oxygen atoms in total. The molecule has 0 fully saturated rings. The third-order valence-electron chi connectivity index (χ3n) is 1.55. The first-order valence-electron chi connectivity index (χ1n) is 3.45. The molecular formula is C8H7F2NO2. The number of carbonyl (C=O) groups excluding carboxylic acids is 1. The number of hydrogen-bond acceptors (Lipinski definition) is 2. The van der Waals surface area contributed by atoms with E-state index in [0.717, 1.165) is 12.1 Å². The first-order chi connectivity index (χ1) is 6.04. The van der Waals surface area contributed by atoms with E-state index >= 15 is 0 Å². The molecule has 0 saturated heterocycles. The van der Waals surface area contributed by atoms with Crippen LogP contribution in [0.1, 0.15) is 11.7 Å². The molecular weight excluding hydrogens is 180 g/mol. The van der Waals surface area contributed by atoms with Gasteiger partial charge >= 0.3 is 0 Å². The van der Waals surface area contributed by atoms with Crippen molar-refractivity contribution < 1.29 is 18.7 Å². The molecule has 0 spiro atoms. The summed E-state index contributed by atoms with van der Waals surface area (Å²) in [6, 6.07) is 3.15. The van der Waals surface area contributed by atoms with Crippen LogP contribution >= 0.6 is 0 Å². The van der Waals surface area contributed by atoms with E-state index in [1.807, 2.05) is 0 Å². The minimum absolute atomic E-state index is 0.451. The summed E-state index contributed by atoms with van der Waals surface area (Å²) in [6.45, 7) is 0. The summed E-state index contributed by atoms with van der Waals surface area (Å²) in [5.41, 5.74) is 4.26. The van der Waals surface area contributed by atoms with E-state index in [1.54, 1.807) is 0 Å². The lowest BCUT2D eigenvalue weighted by Crippen LogP contribution is -2.22. The molecule has 1 amide bonds. The second-order valence-corrected chi connectivity index (χ2v) is 2.45. The molecule has 70 valence electrons. The summed E-state index contributed by atoms with van der Waals surface area (Å²) in [5, 5.41) is 9.02. The maximum Gasteiger partial charge on any atom is 0.251 e. The van der Waals surface area contributed by atoms with E-state index in [4.69, 9.17) is 10.8 Å². The highest BCUT2D eigenvalue weighted by atomic mass is 19.2. The number of aliphatic hydroxyl groups excluding tert-OH is 1. The summed E-state index contributed by atoms with van der Waals surface area (Å²) in [6.07, 6.45) is -1.81. The Bertz CT molecular complexity index is 341. The number of aliphatic hydroxyl groups is 1. The minimum Gasteiger partial charge on any atom is -0.378 e. The van der Waals surface area contributed by atoms with E-state index in [1.165, 1.54) is 6.07 Å². The lowest BCUT2D eigenvalue weighted by Gasteiger charge is -2.07. The minimum atomic E-state index is -1.81. The smallest absolute Gasteiger partial charge is 0.251 e. The molecule has 0 heterocycles. The van der Waals surface area contributed by atoms with Crippen molar-refractivity contribution in [2.24, 2.45) is 5.73 Å². The topological polar surface area (TPSA) is 63.3 Å². The van der Waals surface area contributed by atoms with Crippen LogP contribution in [0.4, 0.5) is 8.78 Å². The van der Waals surface area contributed by atoms with Gasteiger partial charge in [-0.1, -0.05) is 12.1 Å². The number of benzene rings is 1. The predicted molar refractivity (Wildman–Crippen MR) is 40.5 cm³/mol. The summed E-state index contributed by atoms with van der Waals surface area (Å²) >= 11 is 0. The van der Waals surface area contributed by atoms with Gasteiger partial charge in [0.15, 0.2) is 17.7 Å². The zero-order chi connectivity index (χ0) is 10.0. The van der Waals surface area contributed by atoms with Crippen LogP contribution in [0.5, 0.6) is 0 Å². The van der Waals surface area contributed by atoms with E-state index in [9.17, 15) is 13.6 Å². The molecule has 3 N–H and O–H groups in total. The highest BCUT2D eigenvalue weighted by molar-refractivity contribution is 5.80. The number of primary amides is 1. The van der Waals surface area contributed by atoms with E-state index < -0.39 is 29.2 Å². The lowest BCUT2D eigenvalue weighted by atomic mass is 10.1. The summed E-state index contributed by atoms with van der Waals surface area (Å²) in [7, 11) is 0. The molecule has 1 unspecified atom stereocenters. The summed E-state index contributed by atoms with van der Waals surface area (Å²) < 4.78 is 25.4. The Kier molecular flexibility index (Phi) is 2.57. The Morgan fingerprint density at radius 2 is 2.08 bits per heavy atom. The van der Waals surface area contributed by atoms with Crippen LogP contribution in [0.15, 0.2) is 18.2 Å². The fraction of sp³-hybridized carbons (Fsp3) is 0.125. The quantitative estimate of drug-likeness (QED) is 0.707. The van der Waals surface area contributed by atoms with Gasteiger partial charge in [0.2, 0.25) is 0 Å². The Morgan fingerprint density at radius 3 is 2.62 bits per heavy atom. The van der Waals surface area contributed by atoms with Gasteiger partial charge in [0.25, 0.3) is 5.91 Å². The molecule has 13 heavy (non-hydrogen) atoms. The molecule has 5 heteroatoms. The van der Waals surface area contributed by atoms with Crippen LogP contribution in [-0.4, -0.2) is 11.0 Å². The van der Waals surface area contributed by atoms with E-state index in [0.29, 0.717) is 0 Å². The molecule has 0 bridgehead atoms. The van der Waals surface area contributed by atoms with E-state index in [-0.39, 0.29) is 0 Å². The Morgan fingerprint density at radius 1 is 1.46 bits per heavy atom. The van der Waals surface area contributed by atoms with Gasteiger partial charge in [0.05, 0.1) is 0 Å². The highest BCUT2D eigenvalue weighted by Gasteiger charge is 2.19. The molecule has 0 aliphatic heterocycles. The maximum absolute atomic E-state index is 12.9. The predicted octanol–water partition coefficient (Wildman–Crippen LogP) is 0.483. The normalized spacial score (nSPS) is 12.5. The molecule has 0 aliphatic carbocycles. The first-order valence-corrected chi connectivity index (χ1v) is 3.45. The van der Waals surface area contributed by atoms with Gasteiger partial charge in [0, 0.05) is 5.56 Å². The van der Waals surface area contributed by atoms with Gasteiger partial charge in [-0.15, -0.1) is 0 Å². The van der Waals surface area contributed by atoms with E-state index in [2.05, 4.69) is 0 Å². The Balaban J connectivity index is 3.15. The average molecular weight is 187 g/mol. The van der Waals surface area contributed by atoms with Crippen molar-refractivity contribution in [3.8, 4) is 0 Å². The molecule has 1 aromatic rings. The van der Waals surface area contributed by atoms with Crippen molar-refractivity contribution in [2.45, 2.75) is 6.10 Å². The molecule has 1 atom stereocenters. The molecule has 0 radical (unpaired) electrons. The zero-order valence-electron chi connectivity index (χ0n) is 6.50. The molecule has 0 aromatic heterocycles. The molecule has 0 aliphatic rings. The fourth-order valence-electron chi connectivity index (χ4n) is 0.885. The van der Waals surface area contributed by atoms with Gasteiger partial charge in [-0.3, -0.25) is 4.79 Å². The number of rotatable bonds is 2. The third-order valence-corrected chi connectivity index (χ3v) is 1.55. The summed E-state index contributed by atoms with van der Waals surface area (Å²) in [5.74, 6) is -3.50. The van der Waals surface area contributed by atoms with Gasteiger partial charge in [-0.05, 0) is 6.07 Å².